The Balaban J connectivity index is 2.77. The van der Waals surface area contributed by atoms with Gasteiger partial charge < -0.3 is 14.6 Å². The van der Waals surface area contributed by atoms with Crippen molar-refractivity contribution in [2.75, 3.05) is 19.8 Å². The van der Waals surface area contributed by atoms with E-state index in [-0.39, 0.29) is 6.61 Å². The van der Waals surface area contributed by atoms with E-state index in [1.807, 2.05) is 6.55 Å². The molecule has 0 aromatic rings. The van der Waals surface area contributed by atoms with Crippen LogP contribution in [0.1, 0.15) is 6.42 Å². The van der Waals surface area contributed by atoms with Gasteiger partial charge in [0.15, 0.2) is 9.04 Å². The van der Waals surface area contributed by atoms with Gasteiger partial charge in [-0.25, -0.2) is 0 Å². The predicted molar refractivity (Wildman–Crippen MR) is 42.6 cm³/mol. The van der Waals surface area contributed by atoms with Crippen LogP contribution in [-0.2, 0) is 4.74 Å². The van der Waals surface area contributed by atoms with Gasteiger partial charge >= 0.3 is 0 Å². The van der Waals surface area contributed by atoms with E-state index in [2.05, 4.69) is 0 Å². The van der Waals surface area contributed by atoms with Gasteiger partial charge in [-0.3, -0.25) is 0 Å². The highest BCUT2D eigenvalue weighted by molar-refractivity contribution is 6.48. The Labute approximate surface area is 63.4 Å². The summed E-state index contributed by atoms with van der Waals surface area (Å²) in [6.07, 6.45) is 0.921. The summed E-state index contributed by atoms with van der Waals surface area (Å²) >= 11 is 0. The Morgan fingerprint density at radius 1 is 1.40 bits per heavy atom. The Morgan fingerprint density at radius 2 is 2.10 bits per heavy atom. The highest BCUT2D eigenvalue weighted by Crippen LogP contribution is 1.94. The molecule has 0 aromatic carbocycles. The third-order valence-corrected chi connectivity index (χ3v) is 2.39. The number of ether oxygens (including phenoxy) is 1. The van der Waals surface area contributed by atoms with E-state index in [1.54, 1.807) is 0 Å². The molecule has 0 spiro atoms. The van der Waals surface area contributed by atoms with Gasteiger partial charge in [0.25, 0.3) is 0 Å². The largest absolute Gasteiger partial charge is 0.435 e. The molecule has 0 aromatic heterocycles. The molecular weight excluding hydrogens is 148 g/mol. The average Bonchev–Trinajstić information content (AvgIpc) is 1.87. The molecule has 3 nitrogen and oxygen atoms in total. The quantitative estimate of drug-likeness (QED) is 0.420. The first-order chi connectivity index (χ1) is 4.77. The summed E-state index contributed by atoms with van der Waals surface area (Å²) in [5.74, 6) is 0. The molecule has 0 heterocycles. The van der Waals surface area contributed by atoms with Crippen molar-refractivity contribution in [3.63, 3.8) is 0 Å². The van der Waals surface area contributed by atoms with Crippen molar-refractivity contribution >= 4 is 9.04 Å². The van der Waals surface area contributed by atoms with Gasteiger partial charge in [-0.2, -0.15) is 0 Å². The smallest absolute Gasteiger partial charge is 0.169 e. The van der Waals surface area contributed by atoms with E-state index < -0.39 is 9.04 Å². The lowest BCUT2D eigenvalue weighted by Crippen LogP contribution is -2.07. The molecule has 0 aliphatic carbocycles. The minimum atomic E-state index is -1.36. The van der Waals surface area contributed by atoms with E-state index in [0.29, 0.717) is 13.2 Å². The summed E-state index contributed by atoms with van der Waals surface area (Å²) in [7, 11) is -1.36. The summed E-state index contributed by atoms with van der Waals surface area (Å²) < 4.78 is 4.99. The highest BCUT2D eigenvalue weighted by Gasteiger charge is 1.96. The van der Waals surface area contributed by atoms with Crippen molar-refractivity contribution in [1.82, 2.24) is 0 Å². The van der Waals surface area contributed by atoms with E-state index in [9.17, 15) is 0 Å². The Morgan fingerprint density at radius 3 is 2.60 bits per heavy atom. The predicted octanol–water partition coefficient (Wildman–Crippen LogP) is -0.269. The molecule has 0 bridgehead atoms. The molecule has 0 rings (SSSR count). The first-order valence-corrected chi connectivity index (χ1v) is 6.12. The Hall–Kier alpha value is 0.0969. The lowest BCUT2D eigenvalue weighted by Gasteiger charge is -2.02. The van der Waals surface area contributed by atoms with Crippen molar-refractivity contribution < 1.29 is 14.6 Å². The van der Waals surface area contributed by atoms with Crippen LogP contribution in [0, 0.1) is 0 Å². The fourth-order valence-corrected chi connectivity index (χ4v) is 1.40. The van der Waals surface area contributed by atoms with E-state index in [1.165, 1.54) is 0 Å². The standard InChI is InChI=1S/C6H16O3Si/c1-10(8)6-2-4-9-5-3-7/h7-8,10H,2-6H2,1H3. The molecule has 0 aliphatic rings. The average molecular weight is 164 g/mol. The molecular formula is C6H16O3Si. The van der Waals surface area contributed by atoms with Gasteiger partial charge in [0.1, 0.15) is 0 Å². The number of rotatable bonds is 6. The maximum atomic E-state index is 8.94. The van der Waals surface area contributed by atoms with Gasteiger partial charge in [0.2, 0.25) is 0 Å². The fraction of sp³-hybridized carbons (Fsp3) is 1.00. The van der Waals surface area contributed by atoms with Crippen molar-refractivity contribution in [1.29, 1.82) is 0 Å². The van der Waals surface area contributed by atoms with Crippen LogP contribution in [0.2, 0.25) is 12.6 Å². The lowest BCUT2D eigenvalue weighted by molar-refractivity contribution is 0.0925. The zero-order valence-electron chi connectivity index (χ0n) is 6.42. The van der Waals surface area contributed by atoms with Gasteiger partial charge in [-0.05, 0) is 19.0 Å². The molecule has 62 valence electrons. The van der Waals surface area contributed by atoms with Crippen LogP contribution in [0.3, 0.4) is 0 Å². The van der Waals surface area contributed by atoms with Crippen molar-refractivity contribution in [2.45, 2.75) is 19.0 Å². The molecule has 0 saturated heterocycles. The molecule has 1 atom stereocenters. The number of hydrogen-bond donors (Lipinski definition) is 2. The van der Waals surface area contributed by atoms with Crippen LogP contribution in [0.15, 0.2) is 0 Å². The minimum Gasteiger partial charge on any atom is -0.435 e. The molecule has 0 saturated carbocycles. The minimum absolute atomic E-state index is 0.0894. The van der Waals surface area contributed by atoms with Crippen molar-refractivity contribution in [2.24, 2.45) is 0 Å². The molecule has 4 heteroatoms. The van der Waals surface area contributed by atoms with Gasteiger partial charge in [0, 0.05) is 6.61 Å². The van der Waals surface area contributed by atoms with E-state index >= 15 is 0 Å². The molecule has 0 fully saturated rings. The first kappa shape index (κ1) is 10.1. The second-order valence-corrected chi connectivity index (χ2v) is 4.60. The van der Waals surface area contributed by atoms with Crippen molar-refractivity contribution in [3.05, 3.63) is 0 Å². The Bertz CT molecular complexity index is 68.0. The topological polar surface area (TPSA) is 49.7 Å². The third-order valence-electron chi connectivity index (χ3n) is 1.15. The molecule has 10 heavy (non-hydrogen) atoms. The van der Waals surface area contributed by atoms with Crippen LogP contribution < -0.4 is 0 Å². The molecule has 0 aliphatic heterocycles. The summed E-state index contributed by atoms with van der Waals surface area (Å²) in [5, 5.41) is 8.31. The maximum Gasteiger partial charge on any atom is 0.169 e. The number of hydrogen-bond acceptors (Lipinski definition) is 3. The lowest BCUT2D eigenvalue weighted by atomic mass is 10.5. The normalized spacial score (nSPS) is 13.5. The Kier molecular flexibility index (Phi) is 7.28. The van der Waals surface area contributed by atoms with E-state index in [0.717, 1.165) is 12.5 Å². The first-order valence-electron chi connectivity index (χ1n) is 3.64. The van der Waals surface area contributed by atoms with Crippen LogP contribution in [0.25, 0.3) is 0 Å². The van der Waals surface area contributed by atoms with Gasteiger partial charge in [-0.15, -0.1) is 0 Å². The molecule has 1 unspecified atom stereocenters. The summed E-state index contributed by atoms with van der Waals surface area (Å²) in [6.45, 7) is 3.07. The maximum absolute atomic E-state index is 8.94. The second kappa shape index (κ2) is 7.21. The highest BCUT2D eigenvalue weighted by atomic mass is 28.3. The molecule has 0 radical (unpaired) electrons. The third kappa shape index (κ3) is 8.10. The fourth-order valence-electron chi connectivity index (χ4n) is 0.647. The van der Waals surface area contributed by atoms with Crippen LogP contribution >= 0.6 is 0 Å². The summed E-state index contributed by atoms with van der Waals surface area (Å²) in [4.78, 5) is 8.94. The monoisotopic (exact) mass is 164 g/mol. The van der Waals surface area contributed by atoms with Crippen LogP contribution in [-0.4, -0.2) is 38.8 Å². The van der Waals surface area contributed by atoms with Crippen LogP contribution in [0.4, 0.5) is 0 Å². The summed E-state index contributed by atoms with van der Waals surface area (Å²) in [6, 6.07) is 0.908. The zero-order valence-corrected chi connectivity index (χ0v) is 7.57. The molecule has 0 amide bonds. The second-order valence-electron chi connectivity index (χ2n) is 2.33. The SMILES string of the molecule is C[SiH](O)CCCOCCO. The van der Waals surface area contributed by atoms with Gasteiger partial charge in [0.05, 0.1) is 13.2 Å². The molecule has 2 N–H and O–H groups in total. The zero-order chi connectivity index (χ0) is 7.82. The van der Waals surface area contributed by atoms with E-state index in [4.69, 9.17) is 14.6 Å². The van der Waals surface area contributed by atoms with Gasteiger partial charge in [-0.1, -0.05) is 0 Å². The number of aliphatic hydroxyl groups excluding tert-OH is 1. The van der Waals surface area contributed by atoms with Crippen molar-refractivity contribution in [3.8, 4) is 0 Å². The number of aliphatic hydroxyl groups is 1. The van der Waals surface area contributed by atoms with Crippen LogP contribution in [0.5, 0.6) is 0 Å². The summed E-state index contributed by atoms with van der Waals surface area (Å²) in [5.41, 5.74) is 0.